The highest BCUT2D eigenvalue weighted by molar-refractivity contribution is 5.69. The van der Waals surface area contributed by atoms with E-state index in [9.17, 15) is 4.79 Å². The topological polar surface area (TPSA) is 26.3 Å². The summed E-state index contributed by atoms with van der Waals surface area (Å²) in [5, 5.41) is 0. The number of hydrogen-bond acceptors (Lipinski definition) is 2. The molecule has 0 spiro atoms. The van der Waals surface area contributed by atoms with Crippen LogP contribution >= 0.6 is 0 Å². The number of esters is 1. The van der Waals surface area contributed by atoms with Crippen LogP contribution in [0.2, 0.25) is 0 Å². The average Bonchev–Trinajstić information content (AvgIpc) is 2.58. The molecule has 0 amide bonds. The molecule has 24 heavy (non-hydrogen) atoms. The number of unbranched alkanes of at least 4 members (excludes halogenated alkanes) is 13. The Kier molecular flexibility index (Phi) is 26.5. The largest absolute Gasteiger partial charge is 0.466 e. The maximum atomic E-state index is 11.1. The second-order valence-electron chi connectivity index (χ2n) is 6.80. The summed E-state index contributed by atoms with van der Waals surface area (Å²) < 4.78 is 4.89. The number of ether oxygens (including phenoxy) is 1. The Labute approximate surface area is 153 Å². The normalized spacial score (nSPS) is 10.2. The van der Waals surface area contributed by atoms with Crippen LogP contribution in [0, 0.1) is 0 Å². The van der Waals surface area contributed by atoms with Crippen molar-refractivity contribution in [3.05, 3.63) is 0 Å². The quantitative estimate of drug-likeness (QED) is 0.211. The van der Waals surface area contributed by atoms with Crippen molar-refractivity contribution in [3.63, 3.8) is 0 Å². The molecule has 0 unspecified atom stereocenters. The minimum absolute atomic E-state index is 0.0339. The van der Waals surface area contributed by atoms with Crippen molar-refractivity contribution >= 4 is 5.97 Å². The van der Waals surface area contributed by atoms with Crippen LogP contribution in [-0.4, -0.2) is 12.6 Å². The van der Waals surface area contributed by atoms with E-state index in [0.29, 0.717) is 13.0 Å². The van der Waals surface area contributed by atoms with Gasteiger partial charge in [-0.3, -0.25) is 4.79 Å². The smallest absolute Gasteiger partial charge is 0.305 e. The van der Waals surface area contributed by atoms with Gasteiger partial charge in [-0.2, -0.15) is 0 Å². The molecule has 0 atom stereocenters. The number of carbonyl (C=O) groups is 1. The summed E-state index contributed by atoms with van der Waals surface area (Å²) in [6.45, 7) is 9.09. The first-order valence-corrected chi connectivity index (χ1v) is 10.9. The number of hydrogen-bond donors (Lipinski definition) is 0. The summed E-state index contributed by atoms with van der Waals surface area (Å²) in [6.07, 6.45) is 20.6. The van der Waals surface area contributed by atoms with Crippen LogP contribution < -0.4 is 0 Å². The molecular weight excluding hydrogens is 296 g/mol. The molecule has 0 radical (unpaired) electrons. The van der Waals surface area contributed by atoms with E-state index in [0.717, 1.165) is 6.42 Å². The molecule has 0 aliphatic rings. The third kappa shape index (κ3) is 26.4. The predicted octanol–water partition coefficient (Wildman–Crippen LogP) is 7.84. The van der Waals surface area contributed by atoms with Gasteiger partial charge in [-0.1, -0.05) is 111 Å². The molecule has 0 saturated carbocycles. The summed E-state index contributed by atoms with van der Waals surface area (Å²) in [5.74, 6) is -0.0339. The maximum absolute atomic E-state index is 11.1. The SMILES string of the molecule is CCCCCC.CCCCCCCCCCCCCC(=O)OCC. The Balaban J connectivity index is 0. The molecule has 0 aromatic rings. The summed E-state index contributed by atoms with van der Waals surface area (Å²) >= 11 is 0. The van der Waals surface area contributed by atoms with Gasteiger partial charge in [0.25, 0.3) is 0 Å². The van der Waals surface area contributed by atoms with Gasteiger partial charge in [-0.25, -0.2) is 0 Å². The van der Waals surface area contributed by atoms with E-state index in [1.54, 1.807) is 0 Å². The minimum Gasteiger partial charge on any atom is -0.466 e. The average molecular weight is 343 g/mol. The van der Waals surface area contributed by atoms with Gasteiger partial charge in [-0.15, -0.1) is 0 Å². The van der Waals surface area contributed by atoms with Gasteiger partial charge in [0.1, 0.15) is 0 Å². The zero-order valence-electron chi connectivity index (χ0n) is 17.3. The monoisotopic (exact) mass is 342 g/mol. The van der Waals surface area contributed by atoms with Crippen LogP contribution in [0.1, 0.15) is 130 Å². The minimum atomic E-state index is -0.0339. The molecule has 0 aliphatic carbocycles. The Bertz CT molecular complexity index is 222. The lowest BCUT2D eigenvalue weighted by molar-refractivity contribution is -0.143. The van der Waals surface area contributed by atoms with Crippen molar-refractivity contribution in [1.82, 2.24) is 0 Å². The first-order valence-electron chi connectivity index (χ1n) is 10.9. The summed E-state index contributed by atoms with van der Waals surface area (Å²) in [4.78, 5) is 11.1. The van der Waals surface area contributed by atoms with Crippen molar-refractivity contribution in [2.75, 3.05) is 6.61 Å². The zero-order valence-corrected chi connectivity index (χ0v) is 17.3. The lowest BCUT2D eigenvalue weighted by Crippen LogP contribution is -2.03. The third-order valence-corrected chi connectivity index (χ3v) is 4.25. The standard InChI is InChI=1S/C16H32O2.C6H14/c1-3-5-6-7-8-9-10-11-12-13-14-15-16(17)18-4-2;1-3-5-6-4-2/h3-15H2,1-2H3;3-6H2,1-2H3. The van der Waals surface area contributed by atoms with Crippen molar-refractivity contribution in [3.8, 4) is 0 Å². The van der Waals surface area contributed by atoms with Crippen molar-refractivity contribution in [2.45, 2.75) is 130 Å². The van der Waals surface area contributed by atoms with Gasteiger partial charge >= 0.3 is 5.97 Å². The summed E-state index contributed by atoms with van der Waals surface area (Å²) in [6, 6.07) is 0. The molecule has 0 rings (SSSR count). The maximum Gasteiger partial charge on any atom is 0.305 e. The van der Waals surface area contributed by atoms with Gasteiger partial charge < -0.3 is 4.74 Å². The molecule has 0 bridgehead atoms. The molecular formula is C22H46O2. The fraction of sp³-hybridized carbons (Fsp3) is 0.955. The Morgan fingerprint density at radius 1 is 0.542 bits per heavy atom. The predicted molar refractivity (Wildman–Crippen MR) is 108 cm³/mol. The highest BCUT2D eigenvalue weighted by Crippen LogP contribution is 2.12. The molecule has 0 N–H and O–H groups in total. The first kappa shape index (κ1) is 25.7. The van der Waals surface area contributed by atoms with Crippen LogP contribution in [0.5, 0.6) is 0 Å². The van der Waals surface area contributed by atoms with Crippen LogP contribution in [0.25, 0.3) is 0 Å². The molecule has 146 valence electrons. The van der Waals surface area contributed by atoms with Gasteiger partial charge in [0.15, 0.2) is 0 Å². The lowest BCUT2D eigenvalue weighted by atomic mass is 10.1. The Morgan fingerprint density at radius 3 is 1.25 bits per heavy atom. The van der Waals surface area contributed by atoms with E-state index in [1.165, 1.54) is 89.9 Å². The van der Waals surface area contributed by atoms with E-state index in [-0.39, 0.29) is 5.97 Å². The molecule has 2 nitrogen and oxygen atoms in total. The molecule has 0 fully saturated rings. The molecule has 0 aromatic carbocycles. The Morgan fingerprint density at radius 2 is 0.875 bits per heavy atom. The summed E-state index contributed by atoms with van der Waals surface area (Å²) in [7, 11) is 0. The highest BCUT2D eigenvalue weighted by Gasteiger charge is 2.00. The van der Waals surface area contributed by atoms with E-state index in [2.05, 4.69) is 20.8 Å². The van der Waals surface area contributed by atoms with Crippen molar-refractivity contribution in [2.24, 2.45) is 0 Å². The molecule has 0 heterocycles. The van der Waals surface area contributed by atoms with E-state index in [4.69, 9.17) is 4.74 Å². The third-order valence-electron chi connectivity index (χ3n) is 4.25. The lowest BCUT2D eigenvalue weighted by Gasteiger charge is -2.03. The van der Waals surface area contributed by atoms with E-state index < -0.39 is 0 Å². The van der Waals surface area contributed by atoms with Crippen LogP contribution in [0.4, 0.5) is 0 Å². The van der Waals surface area contributed by atoms with Crippen LogP contribution in [0.15, 0.2) is 0 Å². The highest BCUT2D eigenvalue weighted by atomic mass is 16.5. The van der Waals surface area contributed by atoms with Crippen molar-refractivity contribution in [1.29, 1.82) is 0 Å². The van der Waals surface area contributed by atoms with Crippen LogP contribution in [-0.2, 0) is 9.53 Å². The molecule has 0 aliphatic heterocycles. The molecule has 0 saturated heterocycles. The Hall–Kier alpha value is -0.530. The van der Waals surface area contributed by atoms with Gasteiger partial charge in [0, 0.05) is 6.42 Å². The summed E-state index contributed by atoms with van der Waals surface area (Å²) in [5.41, 5.74) is 0. The van der Waals surface area contributed by atoms with Gasteiger partial charge in [0.2, 0.25) is 0 Å². The van der Waals surface area contributed by atoms with Crippen molar-refractivity contribution < 1.29 is 9.53 Å². The molecule has 2 heteroatoms. The van der Waals surface area contributed by atoms with E-state index >= 15 is 0 Å². The zero-order chi connectivity index (χ0) is 18.3. The fourth-order valence-electron chi connectivity index (χ4n) is 2.67. The van der Waals surface area contributed by atoms with Crippen LogP contribution in [0.3, 0.4) is 0 Å². The van der Waals surface area contributed by atoms with Gasteiger partial charge in [0.05, 0.1) is 6.61 Å². The number of carbonyl (C=O) groups excluding carboxylic acids is 1. The van der Waals surface area contributed by atoms with E-state index in [1.807, 2.05) is 6.92 Å². The fourth-order valence-corrected chi connectivity index (χ4v) is 2.67. The second kappa shape index (κ2) is 24.7. The molecule has 0 aromatic heterocycles. The first-order chi connectivity index (χ1) is 11.7. The van der Waals surface area contributed by atoms with Gasteiger partial charge in [-0.05, 0) is 13.3 Å². The second-order valence-corrected chi connectivity index (χ2v) is 6.80. The number of rotatable bonds is 16.